The summed E-state index contributed by atoms with van der Waals surface area (Å²) < 4.78 is 0. The Balaban J connectivity index is 1.64. The van der Waals surface area contributed by atoms with Crippen LogP contribution in [0.1, 0.15) is 50.4 Å². The molecule has 0 spiro atoms. The topological polar surface area (TPSA) is 52.7 Å². The van der Waals surface area contributed by atoms with E-state index in [4.69, 9.17) is 0 Å². The van der Waals surface area contributed by atoms with Gasteiger partial charge in [0.2, 0.25) is 0 Å². The molecule has 0 aromatic heterocycles. The number of hydrogen-bond donors (Lipinski definition) is 1. The Hall–Kier alpha value is -2.47. The number of nitrogens with one attached hydrogen (secondary N) is 1. The molecule has 2 unspecified atom stereocenters. The summed E-state index contributed by atoms with van der Waals surface area (Å²) >= 11 is 1.60. The van der Waals surface area contributed by atoms with Gasteiger partial charge in [-0.2, -0.15) is 0 Å². The molecule has 2 aliphatic rings. The Kier molecular flexibility index (Phi) is 5.54. The van der Waals surface area contributed by atoms with E-state index in [1.807, 2.05) is 54.3 Å². The number of rotatable bonds is 2. The van der Waals surface area contributed by atoms with Crippen molar-refractivity contribution in [3.8, 4) is 0 Å². The molecule has 0 radical (unpaired) electrons. The van der Waals surface area contributed by atoms with Crippen LogP contribution in [0.5, 0.6) is 0 Å². The van der Waals surface area contributed by atoms with E-state index in [1.165, 1.54) is 0 Å². The van der Waals surface area contributed by atoms with Crippen LogP contribution in [-0.4, -0.2) is 35.5 Å². The highest BCUT2D eigenvalue weighted by atomic mass is 32.2. The number of fused-ring (bicyclic) bond motifs is 2. The smallest absolute Gasteiger partial charge is 0.319 e. The maximum Gasteiger partial charge on any atom is 0.322 e. The van der Waals surface area contributed by atoms with E-state index in [1.54, 1.807) is 16.7 Å². The zero-order valence-electron chi connectivity index (χ0n) is 17.1. The third kappa shape index (κ3) is 3.73. The molecule has 29 heavy (non-hydrogen) atoms. The fraction of sp³-hybridized carbons (Fsp3) is 0.391. The summed E-state index contributed by atoms with van der Waals surface area (Å²) in [5.41, 5.74) is 2.28. The average molecular weight is 410 g/mol. The summed E-state index contributed by atoms with van der Waals surface area (Å²) in [4.78, 5) is 31.8. The molecule has 152 valence electrons. The highest BCUT2D eigenvalue weighted by molar-refractivity contribution is 7.99. The molecule has 2 heterocycles. The van der Waals surface area contributed by atoms with Crippen LogP contribution in [0.25, 0.3) is 0 Å². The molecule has 6 heteroatoms. The summed E-state index contributed by atoms with van der Waals surface area (Å²) in [5, 5.41) is 3.06. The van der Waals surface area contributed by atoms with E-state index in [0.29, 0.717) is 6.54 Å². The van der Waals surface area contributed by atoms with Crippen molar-refractivity contribution in [3.05, 3.63) is 48.0 Å². The van der Waals surface area contributed by atoms with Crippen molar-refractivity contribution in [1.82, 2.24) is 4.90 Å². The van der Waals surface area contributed by atoms with Crippen LogP contribution in [-0.2, 0) is 0 Å². The molecule has 0 bridgehead atoms. The fourth-order valence-electron chi connectivity index (χ4n) is 4.32. The van der Waals surface area contributed by atoms with Crippen LogP contribution >= 0.6 is 11.8 Å². The van der Waals surface area contributed by atoms with Gasteiger partial charge in [0.1, 0.15) is 0 Å². The molecule has 2 aromatic carbocycles. The van der Waals surface area contributed by atoms with Crippen molar-refractivity contribution in [2.45, 2.75) is 61.9 Å². The van der Waals surface area contributed by atoms with Gasteiger partial charge in [-0.25, -0.2) is 4.79 Å². The van der Waals surface area contributed by atoms with Crippen LogP contribution in [0.15, 0.2) is 52.3 Å². The zero-order valence-corrected chi connectivity index (χ0v) is 18.0. The van der Waals surface area contributed by atoms with Gasteiger partial charge in [-0.3, -0.25) is 4.79 Å². The Morgan fingerprint density at radius 2 is 1.83 bits per heavy atom. The fourth-order valence-corrected chi connectivity index (χ4v) is 5.38. The Morgan fingerprint density at radius 3 is 2.55 bits per heavy atom. The van der Waals surface area contributed by atoms with Gasteiger partial charge in [0.05, 0.1) is 11.3 Å². The van der Waals surface area contributed by atoms with E-state index in [0.717, 1.165) is 46.0 Å². The van der Waals surface area contributed by atoms with Gasteiger partial charge in [-0.1, -0.05) is 23.9 Å². The number of benzene rings is 2. The molecule has 3 amide bonds. The normalized spacial score (nSPS) is 21.3. The van der Waals surface area contributed by atoms with E-state index >= 15 is 0 Å². The van der Waals surface area contributed by atoms with Gasteiger partial charge in [-0.05, 0) is 70.4 Å². The third-order valence-corrected chi connectivity index (χ3v) is 6.97. The molecule has 1 fully saturated rings. The van der Waals surface area contributed by atoms with E-state index in [2.05, 4.69) is 19.2 Å². The molecular formula is C23H27N3O2S. The minimum absolute atomic E-state index is 0.00361. The van der Waals surface area contributed by atoms with E-state index in [9.17, 15) is 9.59 Å². The quantitative estimate of drug-likeness (QED) is 0.701. The third-order valence-electron chi connectivity index (χ3n) is 5.83. The average Bonchev–Trinajstić information content (AvgIpc) is 2.81. The number of piperidine rings is 1. The monoisotopic (exact) mass is 409 g/mol. The maximum absolute atomic E-state index is 13.1. The van der Waals surface area contributed by atoms with Crippen molar-refractivity contribution in [2.75, 3.05) is 16.8 Å². The van der Waals surface area contributed by atoms with Gasteiger partial charge in [0.25, 0.3) is 5.91 Å². The Morgan fingerprint density at radius 1 is 1.10 bits per heavy atom. The largest absolute Gasteiger partial charge is 0.322 e. The first-order chi connectivity index (χ1) is 14.0. The molecule has 0 aliphatic carbocycles. The molecular weight excluding hydrogens is 382 g/mol. The first-order valence-corrected chi connectivity index (χ1v) is 11.1. The van der Waals surface area contributed by atoms with Gasteiger partial charge < -0.3 is 15.1 Å². The highest BCUT2D eigenvalue weighted by Crippen LogP contribution is 2.42. The number of anilines is 2. The zero-order chi connectivity index (χ0) is 20.5. The van der Waals surface area contributed by atoms with E-state index < -0.39 is 0 Å². The second-order valence-corrected chi connectivity index (χ2v) is 8.88. The van der Waals surface area contributed by atoms with Gasteiger partial charge in [0, 0.05) is 34.1 Å². The van der Waals surface area contributed by atoms with Crippen molar-refractivity contribution in [2.24, 2.45) is 0 Å². The second-order valence-electron chi connectivity index (χ2n) is 7.80. The lowest BCUT2D eigenvalue weighted by Gasteiger charge is -2.39. The first-order valence-electron chi connectivity index (χ1n) is 10.3. The molecule has 4 rings (SSSR count). The predicted molar refractivity (Wildman–Crippen MR) is 118 cm³/mol. The van der Waals surface area contributed by atoms with E-state index in [-0.39, 0.29) is 24.0 Å². The number of carbonyl (C=O) groups is 2. The summed E-state index contributed by atoms with van der Waals surface area (Å²) in [6.07, 6.45) is 3.24. The molecule has 2 aliphatic heterocycles. The number of hydrogen-bond acceptors (Lipinski definition) is 3. The molecule has 0 saturated carbocycles. The summed E-state index contributed by atoms with van der Waals surface area (Å²) in [7, 11) is 0. The Bertz CT molecular complexity index is 935. The van der Waals surface area contributed by atoms with Crippen LogP contribution < -0.4 is 10.2 Å². The van der Waals surface area contributed by atoms with Crippen LogP contribution in [0.3, 0.4) is 0 Å². The number of nitrogens with zero attached hydrogens (tertiary/aromatic N) is 2. The summed E-state index contributed by atoms with van der Waals surface area (Å²) in [6.45, 7) is 6.76. The van der Waals surface area contributed by atoms with Crippen LogP contribution in [0.4, 0.5) is 16.2 Å². The lowest BCUT2D eigenvalue weighted by atomic mass is 9.98. The minimum Gasteiger partial charge on any atom is -0.319 e. The van der Waals surface area contributed by atoms with Crippen LogP contribution in [0, 0.1) is 0 Å². The van der Waals surface area contributed by atoms with Gasteiger partial charge >= 0.3 is 6.03 Å². The molecule has 1 N–H and O–H groups in total. The lowest BCUT2D eigenvalue weighted by Crippen LogP contribution is -2.49. The predicted octanol–water partition coefficient (Wildman–Crippen LogP) is 5.61. The maximum atomic E-state index is 13.1. The number of amides is 3. The number of carbonyl (C=O) groups excluding carboxylic acids is 2. The standard InChI is InChI=1S/C23H27N3O2S/c1-4-25-19-14-17(24-23(28)26-15(2)8-7-9-16(26)3)12-13-21(19)29-20-11-6-5-10-18(20)22(25)27/h5-6,10-16H,4,7-9H2,1-3H3,(H,24,28). The number of likely N-dealkylation sites (tertiary alicyclic amines) is 1. The van der Waals surface area contributed by atoms with Gasteiger partial charge in [0.15, 0.2) is 0 Å². The van der Waals surface area contributed by atoms with Crippen molar-refractivity contribution in [3.63, 3.8) is 0 Å². The SMILES string of the molecule is CCN1C(=O)c2ccccc2Sc2ccc(NC(=O)N3C(C)CCCC3C)cc21. The van der Waals surface area contributed by atoms with Gasteiger partial charge in [-0.15, -0.1) is 0 Å². The Labute approximate surface area is 176 Å². The summed E-state index contributed by atoms with van der Waals surface area (Å²) in [5.74, 6) is -0.00361. The highest BCUT2D eigenvalue weighted by Gasteiger charge is 2.30. The molecule has 5 nitrogen and oxygen atoms in total. The second kappa shape index (κ2) is 8.11. The molecule has 2 aromatic rings. The summed E-state index contributed by atoms with van der Waals surface area (Å²) in [6, 6.07) is 14.0. The first kappa shape index (κ1) is 19.8. The number of urea groups is 1. The molecule has 2 atom stereocenters. The van der Waals surface area contributed by atoms with Crippen molar-refractivity contribution in [1.29, 1.82) is 0 Å². The van der Waals surface area contributed by atoms with Crippen molar-refractivity contribution >= 4 is 35.1 Å². The van der Waals surface area contributed by atoms with Crippen LogP contribution in [0.2, 0.25) is 0 Å². The molecule has 1 saturated heterocycles. The lowest BCUT2D eigenvalue weighted by molar-refractivity contribution is 0.0985. The van der Waals surface area contributed by atoms with Crippen molar-refractivity contribution < 1.29 is 9.59 Å². The minimum atomic E-state index is -0.0661.